The number of hydrogen-bond donors (Lipinski definition) is 0. The Morgan fingerprint density at radius 3 is 2.70 bits per heavy atom. The third-order valence-electron chi connectivity index (χ3n) is 6.14. The molecule has 1 saturated carbocycles. The van der Waals surface area contributed by atoms with Crippen molar-refractivity contribution in [1.82, 2.24) is 14.5 Å². The SMILES string of the molecule is c1cc(OC2CCN(Cc3cocn3)CC2)c2ccn(C3CCCC3)c2c1. The van der Waals surface area contributed by atoms with Crippen molar-refractivity contribution in [1.29, 1.82) is 0 Å². The molecule has 0 N–H and O–H groups in total. The molecule has 0 atom stereocenters. The van der Waals surface area contributed by atoms with Crippen LogP contribution in [0.3, 0.4) is 0 Å². The molecule has 142 valence electrons. The highest BCUT2D eigenvalue weighted by molar-refractivity contribution is 5.86. The molecular formula is C22H27N3O2. The first-order valence-corrected chi connectivity index (χ1v) is 10.2. The van der Waals surface area contributed by atoms with Crippen LogP contribution in [0.4, 0.5) is 0 Å². The summed E-state index contributed by atoms with van der Waals surface area (Å²) < 4.78 is 14.0. The molecule has 3 aromatic rings. The lowest BCUT2D eigenvalue weighted by Crippen LogP contribution is -2.37. The van der Waals surface area contributed by atoms with E-state index in [4.69, 9.17) is 9.15 Å². The van der Waals surface area contributed by atoms with Crippen molar-refractivity contribution in [2.75, 3.05) is 13.1 Å². The molecule has 1 aliphatic heterocycles. The third-order valence-corrected chi connectivity index (χ3v) is 6.14. The average molecular weight is 365 g/mol. The van der Waals surface area contributed by atoms with Gasteiger partial charge < -0.3 is 13.7 Å². The number of ether oxygens (including phenoxy) is 1. The summed E-state index contributed by atoms with van der Waals surface area (Å²) >= 11 is 0. The van der Waals surface area contributed by atoms with Crippen LogP contribution in [-0.4, -0.2) is 33.6 Å². The van der Waals surface area contributed by atoms with Crippen LogP contribution in [0.2, 0.25) is 0 Å². The van der Waals surface area contributed by atoms with Crippen LogP contribution in [0.15, 0.2) is 47.5 Å². The summed E-state index contributed by atoms with van der Waals surface area (Å²) in [5.41, 5.74) is 2.33. The Hall–Kier alpha value is -2.27. The number of nitrogens with zero attached hydrogens (tertiary/aromatic N) is 3. The van der Waals surface area contributed by atoms with Crippen molar-refractivity contribution < 1.29 is 9.15 Å². The number of benzene rings is 1. The van der Waals surface area contributed by atoms with Gasteiger partial charge in [-0.25, -0.2) is 4.98 Å². The highest BCUT2D eigenvalue weighted by Crippen LogP contribution is 2.36. The van der Waals surface area contributed by atoms with E-state index in [1.54, 1.807) is 6.26 Å². The number of likely N-dealkylation sites (tertiary alicyclic amines) is 1. The minimum atomic E-state index is 0.291. The van der Waals surface area contributed by atoms with E-state index in [0.29, 0.717) is 12.1 Å². The molecule has 5 rings (SSSR count). The molecule has 27 heavy (non-hydrogen) atoms. The zero-order valence-electron chi connectivity index (χ0n) is 15.7. The second kappa shape index (κ2) is 7.39. The van der Waals surface area contributed by atoms with Crippen molar-refractivity contribution in [3.8, 4) is 5.75 Å². The number of aromatic nitrogens is 2. The molecule has 2 aromatic heterocycles. The second-order valence-electron chi connectivity index (χ2n) is 7.92. The molecule has 3 heterocycles. The Kier molecular flexibility index (Phi) is 4.62. The molecule has 2 aliphatic rings. The molecule has 0 unspecified atom stereocenters. The summed E-state index contributed by atoms with van der Waals surface area (Å²) in [5, 5.41) is 1.26. The van der Waals surface area contributed by atoms with Crippen LogP contribution in [0.1, 0.15) is 50.3 Å². The highest BCUT2D eigenvalue weighted by atomic mass is 16.5. The monoisotopic (exact) mass is 365 g/mol. The third kappa shape index (κ3) is 3.48. The molecule has 1 saturated heterocycles. The predicted molar refractivity (Wildman–Crippen MR) is 105 cm³/mol. The van der Waals surface area contributed by atoms with E-state index < -0.39 is 0 Å². The van der Waals surface area contributed by atoms with Crippen LogP contribution < -0.4 is 4.74 Å². The fourth-order valence-corrected chi connectivity index (χ4v) is 4.67. The molecular weight excluding hydrogens is 338 g/mol. The number of piperidine rings is 1. The highest BCUT2D eigenvalue weighted by Gasteiger charge is 2.23. The van der Waals surface area contributed by atoms with Gasteiger partial charge in [-0.3, -0.25) is 4.90 Å². The first-order valence-electron chi connectivity index (χ1n) is 10.2. The van der Waals surface area contributed by atoms with Crippen LogP contribution >= 0.6 is 0 Å². The Morgan fingerprint density at radius 2 is 1.93 bits per heavy atom. The molecule has 0 bridgehead atoms. The molecule has 2 fully saturated rings. The van der Waals surface area contributed by atoms with Crippen molar-refractivity contribution in [2.45, 2.75) is 57.2 Å². The lowest BCUT2D eigenvalue weighted by atomic mass is 10.1. The number of oxazole rings is 1. The van der Waals surface area contributed by atoms with Gasteiger partial charge in [-0.05, 0) is 43.9 Å². The maximum atomic E-state index is 6.45. The van der Waals surface area contributed by atoms with E-state index in [1.807, 2.05) is 0 Å². The summed E-state index contributed by atoms with van der Waals surface area (Å²) in [6, 6.07) is 9.41. The summed E-state index contributed by atoms with van der Waals surface area (Å²) in [6.45, 7) is 2.94. The van der Waals surface area contributed by atoms with Crippen LogP contribution in [0, 0.1) is 0 Å². The zero-order chi connectivity index (χ0) is 18.1. The van der Waals surface area contributed by atoms with Crippen molar-refractivity contribution in [3.63, 3.8) is 0 Å². The van der Waals surface area contributed by atoms with Gasteiger partial charge in [0.1, 0.15) is 18.1 Å². The molecule has 1 aliphatic carbocycles. The largest absolute Gasteiger partial charge is 0.490 e. The van der Waals surface area contributed by atoms with Crippen molar-refractivity contribution in [2.24, 2.45) is 0 Å². The number of rotatable bonds is 5. The van der Waals surface area contributed by atoms with Gasteiger partial charge in [0.25, 0.3) is 0 Å². The summed E-state index contributed by atoms with van der Waals surface area (Å²) in [6.07, 6.45) is 13.2. The van der Waals surface area contributed by atoms with E-state index in [9.17, 15) is 0 Å². The second-order valence-corrected chi connectivity index (χ2v) is 7.92. The van der Waals surface area contributed by atoms with Gasteiger partial charge in [-0.1, -0.05) is 18.9 Å². The number of hydrogen-bond acceptors (Lipinski definition) is 4. The Labute approximate surface area is 159 Å². The average Bonchev–Trinajstić information content (AvgIpc) is 3.45. The van der Waals surface area contributed by atoms with E-state index >= 15 is 0 Å². The first kappa shape index (κ1) is 16.9. The van der Waals surface area contributed by atoms with E-state index in [0.717, 1.165) is 43.9 Å². The Morgan fingerprint density at radius 1 is 1.07 bits per heavy atom. The minimum Gasteiger partial charge on any atom is -0.490 e. The van der Waals surface area contributed by atoms with E-state index in [1.165, 1.54) is 43.0 Å². The first-order chi connectivity index (χ1) is 13.4. The molecule has 1 aromatic carbocycles. The van der Waals surface area contributed by atoms with Crippen molar-refractivity contribution >= 4 is 10.9 Å². The van der Waals surface area contributed by atoms with Gasteiger partial charge in [0.15, 0.2) is 6.39 Å². The van der Waals surface area contributed by atoms with Gasteiger partial charge in [-0.2, -0.15) is 0 Å². The summed E-state index contributed by atoms with van der Waals surface area (Å²) in [5.74, 6) is 1.04. The molecule has 0 radical (unpaired) electrons. The minimum absolute atomic E-state index is 0.291. The molecule has 0 amide bonds. The van der Waals surface area contributed by atoms with E-state index in [2.05, 4.69) is 44.9 Å². The Bertz CT molecular complexity index is 872. The van der Waals surface area contributed by atoms with Crippen LogP contribution in [0.25, 0.3) is 10.9 Å². The molecule has 5 nitrogen and oxygen atoms in total. The smallest absolute Gasteiger partial charge is 0.180 e. The van der Waals surface area contributed by atoms with Gasteiger partial charge in [0, 0.05) is 37.3 Å². The van der Waals surface area contributed by atoms with Gasteiger partial charge >= 0.3 is 0 Å². The number of fused-ring (bicyclic) bond motifs is 1. The normalized spacial score (nSPS) is 19.9. The lowest BCUT2D eigenvalue weighted by Gasteiger charge is -2.31. The van der Waals surface area contributed by atoms with Crippen LogP contribution in [0.5, 0.6) is 5.75 Å². The van der Waals surface area contributed by atoms with Crippen molar-refractivity contribution in [3.05, 3.63) is 48.8 Å². The summed E-state index contributed by atoms with van der Waals surface area (Å²) in [7, 11) is 0. The fourth-order valence-electron chi connectivity index (χ4n) is 4.67. The summed E-state index contributed by atoms with van der Waals surface area (Å²) in [4.78, 5) is 6.65. The lowest BCUT2D eigenvalue weighted by molar-refractivity contribution is 0.0973. The topological polar surface area (TPSA) is 43.4 Å². The van der Waals surface area contributed by atoms with Gasteiger partial charge in [0.05, 0.1) is 11.2 Å². The quantitative estimate of drug-likeness (QED) is 0.652. The maximum absolute atomic E-state index is 6.45. The van der Waals surface area contributed by atoms with E-state index in [-0.39, 0.29) is 0 Å². The van der Waals surface area contributed by atoms with Gasteiger partial charge in [-0.15, -0.1) is 0 Å². The standard InChI is InChI=1S/C22H27N3O2/c1-2-5-18(4-1)25-13-10-20-21(25)6-3-7-22(20)27-19-8-11-24(12-9-19)14-17-15-26-16-23-17/h3,6-7,10,13,15-16,18-19H,1-2,4-5,8-9,11-12,14H2. The predicted octanol–water partition coefficient (Wildman–Crippen LogP) is 4.79. The zero-order valence-corrected chi connectivity index (χ0v) is 15.7. The molecule has 0 spiro atoms. The van der Waals surface area contributed by atoms with Gasteiger partial charge in [0.2, 0.25) is 0 Å². The maximum Gasteiger partial charge on any atom is 0.180 e. The molecule has 5 heteroatoms. The Balaban J connectivity index is 1.25. The fraction of sp³-hybridized carbons (Fsp3) is 0.500. The van der Waals surface area contributed by atoms with Crippen LogP contribution in [-0.2, 0) is 6.54 Å².